The van der Waals surface area contributed by atoms with Crippen molar-refractivity contribution in [1.29, 1.82) is 0 Å². The summed E-state index contributed by atoms with van der Waals surface area (Å²) in [5.41, 5.74) is 15.3. The predicted molar refractivity (Wildman–Crippen MR) is 212 cm³/mol. The van der Waals surface area contributed by atoms with Crippen molar-refractivity contribution in [2.24, 2.45) is 11.5 Å². The third kappa shape index (κ3) is 14.5. The molecular weight excluding hydrogens is 889 g/mol. The van der Waals surface area contributed by atoms with E-state index in [-0.39, 0.29) is 29.8 Å². The number of hydrogen-bond acceptors (Lipinski definition) is 21. The molecule has 2 aromatic heterocycles. The number of nitrogens with one attached hydrogen (secondary N) is 1. The normalized spacial score (nSPS) is 23.3. The molecule has 2 aliphatic rings. The Kier molecular flexibility index (Phi) is 18.0. The molecular formula is C37H48N10O17S. The Bertz CT molecular complexity index is 2350. The van der Waals surface area contributed by atoms with Crippen LogP contribution in [0.2, 0.25) is 0 Å². The van der Waals surface area contributed by atoms with Crippen molar-refractivity contribution < 1.29 is 86.8 Å². The van der Waals surface area contributed by atoms with E-state index in [1.54, 1.807) is 43.3 Å². The van der Waals surface area contributed by atoms with Gasteiger partial charge in [0.15, 0.2) is 18.5 Å². The highest BCUT2D eigenvalue weighted by atomic mass is 32.2. The molecule has 0 aliphatic carbocycles. The van der Waals surface area contributed by atoms with Crippen LogP contribution in [-0.2, 0) is 50.0 Å². The van der Waals surface area contributed by atoms with Gasteiger partial charge in [0.05, 0.1) is 4.90 Å². The van der Waals surface area contributed by atoms with Gasteiger partial charge in [-0.2, -0.15) is 0 Å². The highest BCUT2D eigenvalue weighted by Gasteiger charge is 2.46. The van der Waals surface area contributed by atoms with Crippen LogP contribution in [0.25, 0.3) is 0 Å². The average Bonchev–Trinajstić information content (AvgIpc) is 4.07. The Balaban J connectivity index is 0.000000241. The molecule has 27 nitrogen and oxygen atoms in total. The number of primary amides is 2. The van der Waals surface area contributed by atoms with Crippen LogP contribution in [0.1, 0.15) is 58.7 Å². The van der Waals surface area contributed by atoms with E-state index in [9.17, 15) is 57.4 Å². The molecule has 65 heavy (non-hydrogen) atoms. The number of carbonyl (C=O) groups excluding carboxylic acids is 5. The molecule has 2 aliphatic heterocycles. The van der Waals surface area contributed by atoms with Gasteiger partial charge in [0.1, 0.15) is 85.3 Å². The highest BCUT2D eigenvalue weighted by Crippen LogP contribution is 2.30. The lowest BCUT2D eigenvalue weighted by atomic mass is 10.1. The number of benzene rings is 2. The Morgan fingerprint density at radius 2 is 1.23 bits per heavy atom. The smallest absolute Gasteiger partial charge is 0.408 e. The first-order valence-electron chi connectivity index (χ1n) is 19.2. The number of aromatic nitrogens is 6. The highest BCUT2D eigenvalue weighted by molar-refractivity contribution is 7.85. The van der Waals surface area contributed by atoms with Crippen LogP contribution in [0.5, 0.6) is 0 Å². The lowest BCUT2D eigenvalue weighted by Crippen LogP contribution is -2.63. The van der Waals surface area contributed by atoms with E-state index in [1.807, 2.05) is 13.0 Å². The first kappa shape index (κ1) is 51.1. The molecule has 0 spiro atoms. The van der Waals surface area contributed by atoms with Crippen molar-refractivity contribution in [3.63, 3.8) is 0 Å². The number of alkyl carbamates (subject to hydrolysis) is 1. The summed E-state index contributed by atoms with van der Waals surface area (Å²) < 4.78 is 59.2. The van der Waals surface area contributed by atoms with Crippen LogP contribution >= 0.6 is 0 Å². The number of quaternary nitrogens is 1. The van der Waals surface area contributed by atoms with E-state index in [1.165, 1.54) is 19.1 Å². The number of hydrogen-bond donors (Lipinski definition) is 8. The Hall–Kier alpha value is -6.50. The molecule has 4 aromatic rings. The van der Waals surface area contributed by atoms with Crippen molar-refractivity contribution in [3.05, 3.63) is 90.0 Å². The number of aliphatic hydroxyl groups excluding tert-OH is 4. The molecule has 0 radical (unpaired) electrons. The molecule has 354 valence electrons. The third-order valence-electron chi connectivity index (χ3n) is 9.05. The van der Waals surface area contributed by atoms with Crippen molar-refractivity contribution in [3.8, 4) is 0 Å². The average molecular weight is 937 g/mol. The van der Waals surface area contributed by atoms with E-state index in [0.29, 0.717) is 0 Å². The molecule has 2 fully saturated rings. The van der Waals surface area contributed by atoms with Gasteiger partial charge in [-0.25, -0.2) is 42.1 Å². The zero-order chi connectivity index (χ0) is 48.2. The molecule has 4 heterocycles. The monoisotopic (exact) mass is 936 g/mol. The lowest BCUT2D eigenvalue weighted by Gasteiger charge is -2.17. The van der Waals surface area contributed by atoms with Crippen LogP contribution < -0.4 is 22.5 Å². The Labute approximate surface area is 369 Å². The summed E-state index contributed by atoms with van der Waals surface area (Å²) in [7, 11) is -4.27. The van der Waals surface area contributed by atoms with Gasteiger partial charge < -0.3 is 71.2 Å². The molecule has 6 rings (SSSR count). The van der Waals surface area contributed by atoms with E-state index in [4.69, 9.17) is 35.2 Å². The fourth-order valence-electron chi connectivity index (χ4n) is 5.49. The minimum Gasteiger partial charge on any atom is -0.744 e. The molecule has 28 heteroatoms. The second-order valence-electron chi connectivity index (χ2n) is 14.3. The minimum absolute atomic E-state index is 0.0373. The summed E-state index contributed by atoms with van der Waals surface area (Å²) in [4.78, 5) is 64.6. The lowest BCUT2D eigenvalue weighted by molar-refractivity contribution is -0.403. The Morgan fingerprint density at radius 1 is 0.769 bits per heavy atom. The van der Waals surface area contributed by atoms with E-state index < -0.39 is 108 Å². The number of carbonyl (C=O) groups is 5. The summed E-state index contributed by atoms with van der Waals surface area (Å²) in [5, 5.41) is 50.1. The first-order valence-corrected chi connectivity index (χ1v) is 20.6. The zero-order valence-electron chi connectivity index (χ0n) is 34.8. The van der Waals surface area contributed by atoms with Gasteiger partial charge in [-0.15, -0.1) is 10.2 Å². The number of aliphatic hydroxyl groups is 4. The van der Waals surface area contributed by atoms with E-state index in [2.05, 4.69) is 31.2 Å². The first-order chi connectivity index (χ1) is 30.6. The van der Waals surface area contributed by atoms with Gasteiger partial charge in [-0.3, -0.25) is 9.59 Å². The van der Waals surface area contributed by atoms with Crippen molar-refractivity contribution >= 4 is 40.0 Å². The third-order valence-corrected chi connectivity index (χ3v) is 9.90. The number of nitrogens with two attached hydrogens (primary N) is 2. The maximum absolute atomic E-state index is 12.2. The standard InChI is InChI=1S/C19H23N5O8.C11H17N5O6.C7H8O3S/c1-10(22-19(29)31-7-11-5-3-2-4-6-11)18(28)30-8-12-13(25)14(26)17(32-12)24-9-21-16(23-24)15(20)27;1-4(12)11(20)21-2-5-6(17)7(18)10(22-5)16-3-14-9(15-16)8(13)19;1-6-2-4-7(5-3-6)11(8,9)10/h2-6,9-10,12-14,17,25-26H,7-8H2,1H3,(H2,20,27)(H,22,29);3-7,10,17-18H,2,12H2,1H3,(H2,13,19);2-5H,1H3,(H,8,9,10)/t10-,12+,13?,14+,17+;4-,5-,6?,7-,10-;/m01./s1. The molecule has 2 saturated heterocycles. The second-order valence-corrected chi connectivity index (χ2v) is 15.7. The molecule has 0 saturated carbocycles. The van der Waals surface area contributed by atoms with Crippen molar-refractivity contribution in [2.75, 3.05) is 13.2 Å². The number of rotatable bonds is 14. The number of aryl methyl sites for hydroxylation is 1. The fraction of sp³-hybridized carbons (Fsp3) is 0.432. The fourth-order valence-corrected chi connectivity index (χ4v) is 5.96. The van der Waals surface area contributed by atoms with Gasteiger partial charge >= 0.3 is 18.0 Å². The van der Waals surface area contributed by atoms with Crippen LogP contribution in [0.4, 0.5) is 4.79 Å². The van der Waals surface area contributed by atoms with Gasteiger partial charge in [-0.05, 0) is 38.5 Å². The molecule has 10 atom stereocenters. The maximum atomic E-state index is 12.2. The molecule has 2 unspecified atom stereocenters. The summed E-state index contributed by atoms with van der Waals surface area (Å²) in [6.45, 7) is 4.17. The van der Waals surface area contributed by atoms with Gasteiger partial charge in [0.2, 0.25) is 11.6 Å². The number of esters is 2. The summed E-state index contributed by atoms with van der Waals surface area (Å²) in [6.07, 6.45) is -8.27. The van der Waals surface area contributed by atoms with Crippen LogP contribution in [-0.4, -0.2) is 155 Å². The minimum atomic E-state index is -4.27. The SMILES string of the molecule is C[C@@H]([NH3+])C(=O)OC[C@H]1O[C@@H](n2cnc(C(N)=O)n2)[C@H](O)C1O.C[C@H](NC(=O)OCc1ccccc1)C(=O)OC[C@H]1O[C@@H](n2cnc(C(N)=O)n2)[C@H](O)C1O.Cc1ccc(S(=O)(=O)[O-])cc1. The van der Waals surface area contributed by atoms with Crippen LogP contribution in [0.15, 0.2) is 72.1 Å². The molecule has 3 amide bonds. The molecule has 12 N–H and O–H groups in total. The number of ether oxygens (including phenoxy) is 5. The molecule has 0 bridgehead atoms. The van der Waals surface area contributed by atoms with E-state index >= 15 is 0 Å². The predicted octanol–water partition coefficient (Wildman–Crippen LogP) is -4.08. The van der Waals surface area contributed by atoms with Gasteiger partial charge in [0.25, 0.3) is 11.8 Å². The van der Waals surface area contributed by atoms with Gasteiger partial charge in [0, 0.05) is 0 Å². The second kappa shape index (κ2) is 22.9. The van der Waals surface area contributed by atoms with E-state index in [0.717, 1.165) is 33.1 Å². The summed E-state index contributed by atoms with van der Waals surface area (Å²) in [6, 6.07) is 13.2. The number of amides is 3. The largest absolute Gasteiger partial charge is 0.744 e. The van der Waals surface area contributed by atoms with Crippen LogP contribution in [0.3, 0.4) is 0 Å². The molecule has 2 aromatic carbocycles. The Morgan fingerprint density at radius 3 is 1.65 bits per heavy atom. The number of nitrogens with zero attached hydrogens (tertiary/aromatic N) is 6. The van der Waals surface area contributed by atoms with Crippen LogP contribution in [0, 0.1) is 6.92 Å². The zero-order valence-corrected chi connectivity index (χ0v) is 35.6. The quantitative estimate of drug-likeness (QED) is 0.0339. The summed E-state index contributed by atoms with van der Waals surface area (Å²) in [5.74, 6) is -3.58. The topological polar surface area (TPSA) is 423 Å². The van der Waals surface area contributed by atoms with Gasteiger partial charge in [-0.1, -0.05) is 48.0 Å². The van der Waals surface area contributed by atoms with Crippen molar-refractivity contribution in [1.82, 2.24) is 34.8 Å². The van der Waals surface area contributed by atoms with Crippen molar-refractivity contribution in [2.45, 2.75) is 93.4 Å². The maximum Gasteiger partial charge on any atom is 0.408 e. The summed E-state index contributed by atoms with van der Waals surface area (Å²) >= 11 is 0.